The first-order valence-corrected chi connectivity index (χ1v) is 6.19. The molecule has 3 rings (SSSR count). The van der Waals surface area contributed by atoms with Crippen LogP contribution in [0.2, 0.25) is 0 Å². The van der Waals surface area contributed by atoms with Crippen molar-refractivity contribution in [3.05, 3.63) is 30.5 Å². The van der Waals surface area contributed by atoms with E-state index in [0.717, 1.165) is 29.5 Å². The molecule has 1 N–H and O–H groups in total. The van der Waals surface area contributed by atoms with E-state index in [0.29, 0.717) is 12.6 Å². The van der Waals surface area contributed by atoms with Crippen molar-refractivity contribution in [1.82, 2.24) is 9.88 Å². The molecule has 1 fully saturated rings. The van der Waals surface area contributed by atoms with Gasteiger partial charge < -0.3 is 14.6 Å². The van der Waals surface area contributed by atoms with E-state index in [1.54, 1.807) is 7.11 Å². The molecule has 0 atom stereocenters. The average molecular weight is 244 g/mol. The van der Waals surface area contributed by atoms with Gasteiger partial charge in [0.2, 0.25) is 5.91 Å². The zero-order valence-corrected chi connectivity index (χ0v) is 10.3. The summed E-state index contributed by atoms with van der Waals surface area (Å²) in [4.78, 5) is 11.8. The normalized spacial score (nSPS) is 14.7. The van der Waals surface area contributed by atoms with Crippen LogP contribution < -0.4 is 10.1 Å². The zero-order chi connectivity index (χ0) is 12.5. The topological polar surface area (TPSA) is 43.3 Å². The van der Waals surface area contributed by atoms with Gasteiger partial charge in [-0.05, 0) is 31.0 Å². The Morgan fingerprint density at radius 2 is 2.28 bits per heavy atom. The SMILES string of the molecule is COc1cccc2c1ccn2CC(=O)NC1CC1. The molecule has 0 unspecified atom stereocenters. The Bertz CT molecular complexity index is 584. The van der Waals surface area contributed by atoms with Crippen molar-refractivity contribution in [1.29, 1.82) is 0 Å². The maximum Gasteiger partial charge on any atom is 0.240 e. The van der Waals surface area contributed by atoms with Gasteiger partial charge in [-0.25, -0.2) is 0 Å². The number of amides is 1. The summed E-state index contributed by atoms with van der Waals surface area (Å²) in [6, 6.07) is 8.27. The lowest BCUT2D eigenvalue weighted by Crippen LogP contribution is -2.28. The lowest BCUT2D eigenvalue weighted by molar-refractivity contribution is -0.121. The lowest BCUT2D eigenvalue weighted by atomic mass is 10.2. The molecule has 4 heteroatoms. The van der Waals surface area contributed by atoms with Crippen LogP contribution >= 0.6 is 0 Å². The fraction of sp³-hybridized carbons (Fsp3) is 0.357. The first-order chi connectivity index (χ1) is 8.78. The van der Waals surface area contributed by atoms with Crippen molar-refractivity contribution in [2.75, 3.05) is 7.11 Å². The van der Waals surface area contributed by atoms with Crippen molar-refractivity contribution >= 4 is 16.8 Å². The van der Waals surface area contributed by atoms with Gasteiger partial charge in [-0.1, -0.05) is 6.07 Å². The van der Waals surface area contributed by atoms with Crippen LogP contribution in [-0.4, -0.2) is 23.6 Å². The van der Waals surface area contributed by atoms with E-state index in [9.17, 15) is 4.79 Å². The number of carbonyl (C=O) groups is 1. The number of nitrogens with one attached hydrogen (secondary N) is 1. The van der Waals surface area contributed by atoms with E-state index in [1.807, 2.05) is 35.0 Å². The van der Waals surface area contributed by atoms with Crippen molar-refractivity contribution in [3.8, 4) is 5.75 Å². The maximum atomic E-state index is 11.8. The van der Waals surface area contributed by atoms with Gasteiger partial charge in [-0.3, -0.25) is 4.79 Å². The second-order valence-electron chi connectivity index (χ2n) is 4.68. The van der Waals surface area contributed by atoms with E-state index in [1.165, 1.54) is 0 Å². The third-order valence-electron chi connectivity index (χ3n) is 3.25. The fourth-order valence-electron chi connectivity index (χ4n) is 2.17. The molecule has 4 nitrogen and oxygen atoms in total. The predicted octanol–water partition coefficient (Wildman–Crippen LogP) is 1.93. The largest absolute Gasteiger partial charge is 0.496 e. The monoisotopic (exact) mass is 244 g/mol. The summed E-state index contributed by atoms with van der Waals surface area (Å²) in [5.74, 6) is 0.923. The molecule has 0 aliphatic heterocycles. The van der Waals surface area contributed by atoms with Crippen molar-refractivity contribution in [2.45, 2.75) is 25.4 Å². The van der Waals surface area contributed by atoms with E-state index in [2.05, 4.69) is 5.32 Å². The first kappa shape index (κ1) is 11.1. The summed E-state index contributed by atoms with van der Waals surface area (Å²) < 4.78 is 7.26. The molecule has 0 radical (unpaired) electrons. The number of aromatic nitrogens is 1. The van der Waals surface area contributed by atoms with E-state index in [4.69, 9.17) is 4.74 Å². The summed E-state index contributed by atoms with van der Waals surface area (Å²) in [5.41, 5.74) is 1.03. The van der Waals surface area contributed by atoms with E-state index in [-0.39, 0.29) is 5.91 Å². The van der Waals surface area contributed by atoms with Crippen molar-refractivity contribution in [2.24, 2.45) is 0 Å². The Hall–Kier alpha value is -1.97. The summed E-state index contributed by atoms with van der Waals surface area (Å²) in [7, 11) is 1.66. The van der Waals surface area contributed by atoms with Crippen molar-refractivity contribution in [3.63, 3.8) is 0 Å². The zero-order valence-electron chi connectivity index (χ0n) is 10.3. The molecule has 0 bridgehead atoms. The molecule has 1 aromatic carbocycles. The van der Waals surface area contributed by atoms with Gasteiger partial charge in [0.25, 0.3) is 0 Å². The number of nitrogens with zero attached hydrogens (tertiary/aromatic N) is 1. The molecule has 2 aromatic rings. The Balaban J connectivity index is 1.85. The third kappa shape index (κ3) is 2.06. The van der Waals surface area contributed by atoms with Gasteiger partial charge in [-0.15, -0.1) is 0 Å². The second-order valence-corrected chi connectivity index (χ2v) is 4.68. The highest BCUT2D eigenvalue weighted by atomic mass is 16.5. The maximum absolute atomic E-state index is 11.8. The Morgan fingerprint density at radius 3 is 3.00 bits per heavy atom. The first-order valence-electron chi connectivity index (χ1n) is 6.19. The van der Waals surface area contributed by atoms with Crippen LogP contribution in [0.3, 0.4) is 0 Å². The molecule has 18 heavy (non-hydrogen) atoms. The number of carbonyl (C=O) groups excluding carboxylic acids is 1. The van der Waals surface area contributed by atoms with Crippen LogP contribution in [-0.2, 0) is 11.3 Å². The van der Waals surface area contributed by atoms with Crippen LogP contribution in [0.4, 0.5) is 0 Å². The summed E-state index contributed by atoms with van der Waals surface area (Å²) in [5, 5.41) is 4.04. The van der Waals surface area contributed by atoms with Gasteiger partial charge in [-0.2, -0.15) is 0 Å². The number of hydrogen-bond acceptors (Lipinski definition) is 2. The van der Waals surface area contributed by atoms with Gasteiger partial charge in [0.15, 0.2) is 0 Å². The van der Waals surface area contributed by atoms with E-state index >= 15 is 0 Å². The standard InChI is InChI=1S/C14H16N2O2/c1-18-13-4-2-3-12-11(13)7-8-16(12)9-14(17)15-10-5-6-10/h2-4,7-8,10H,5-6,9H2,1H3,(H,15,17). The highest BCUT2D eigenvalue weighted by Crippen LogP contribution is 2.26. The van der Waals surface area contributed by atoms with Crippen LogP contribution in [0.25, 0.3) is 10.9 Å². The molecule has 1 saturated carbocycles. The molecule has 0 spiro atoms. The Morgan fingerprint density at radius 1 is 1.44 bits per heavy atom. The van der Waals surface area contributed by atoms with E-state index < -0.39 is 0 Å². The smallest absolute Gasteiger partial charge is 0.240 e. The van der Waals surface area contributed by atoms with Gasteiger partial charge in [0, 0.05) is 17.6 Å². The molecule has 1 aliphatic rings. The molecular formula is C14H16N2O2. The molecular weight excluding hydrogens is 228 g/mol. The van der Waals surface area contributed by atoms with Gasteiger partial charge in [0.1, 0.15) is 12.3 Å². The van der Waals surface area contributed by atoms with Crippen molar-refractivity contribution < 1.29 is 9.53 Å². The minimum absolute atomic E-state index is 0.0813. The summed E-state index contributed by atoms with van der Waals surface area (Å²) >= 11 is 0. The van der Waals surface area contributed by atoms with Crippen LogP contribution in [0.15, 0.2) is 30.5 Å². The van der Waals surface area contributed by atoms with Crippen LogP contribution in [0.5, 0.6) is 5.75 Å². The summed E-state index contributed by atoms with van der Waals surface area (Å²) in [6.45, 7) is 0.368. The predicted molar refractivity (Wildman–Crippen MR) is 69.7 cm³/mol. The number of rotatable bonds is 4. The molecule has 1 aromatic heterocycles. The minimum atomic E-state index is 0.0813. The lowest BCUT2D eigenvalue weighted by Gasteiger charge is -2.07. The highest BCUT2D eigenvalue weighted by Gasteiger charge is 2.23. The number of ether oxygens (including phenoxy) is 1. The molecule has 1 amide bonds. The quantitative estimate of drug-likeness (QED) is 0.893. The average Bonchev–Trinajstić information content (AvgIpc) is 3.09. The van der Waals surface area contributed by atoms with Gasteiger partial charge >= 0.3 is 0 Å². The third-order valence-corrected chi connectivity index (χ3v) is 3.25. The minimum Gasteiger partial charge on any atom is -0.496 e. The number of fused-ring (bicyclic) bond motifs is 1. The molecule has 94 valence electrons. The summed E-state index contributed by atoms with van der Waals surface area (Å²) in [6.07, 6.45) is 4.16. The highest BCUT2D eigenvalue weighted by molar-refractivity contribution is 5.88. The number of benzene rings is 1. The van der Waals surface area contributed by atoms with Crippen LogP contribution in [0, 0.1) is 0 Å². The fourth-order valence-corrected chi connectivity index (χ4v) is 2.17. The number of hydrogen-bond donors (Lipinski definition) is 1. The molecule has 1 heterocycles. The Labute approximate surface area is 106 Å². The van der Waals surface area contributed by atoms with Crippen LogP contribution in [0.1, 0.15) is 12.8 Å². The molecule has 0 saturated heterocycles. The number of methoxy groups -OCH3 is 1. The Kier molecular flexibility index (Phi) is 2.70. The molecule has 1 aliphatic carbocycles. The second kappa shape index (κ2) is 4.37. The van der Waals surface area contributed by atoms with Gasteiger partial charge in [0.05, 0.1) is 12.6 Å².